The average Bonchev–Trinajstić information content (AvgIpc) is 3.39. The summed E-state index contributed by atoms with van der Waals surface area (Å²) in [6.45, 7) is 5.19. The molecule has 1 aliphatic heterocycles. The predicted octanol–water partition coefficient (Wildman–Crippen LogP) is 2.38. The van der Waals surface area contributed by atoms with E-state index in [0.29, 0.717) is 19.6 Å². The van der Waals surface area contributed by atoms with Crippen LogP contribution in [0.5, 0.6) is 0 Å². The number of aliphatic hydroxyl groups excluding tert-OH is 1. The zero-order chi connectivity index (χ0) is 19.2. The summed E-state index contributed by atoms with van der Waals surface area (Å²) in [6.07, 6.45) is 1.68. The molecule has 1 saturated heterocycles. The number of benzene rings is 1. The van der Waals surface area contributed by atoms with Crippen LogP contribution >= 0.6 is 11.3 Å². The molecular weight excluding hydrogens is 372 g/mol. The maximum absolute atomic E-state index is 10.4. The highest BCUT2D eigenvalue weighted by molar-refractivity contribution is 7.13. The minimum Gasteiger partial charge on any atom is -0.390 e. The molecule has 2 aromatic heterocycles. The maximum Gasteiger partial charge on any atom is 0.107 e. The highest BCUT2D eigenvalue weighted by Gasteiger charge is 2.16. The molecule has 4 rings (SSSR count). The molecule has 1 aliphatic rings. The number of hydrogen-bond donors (Lipinski definition) is 2. The SMILES string of the molecule is OC(CNCc1cn(-c2ccccc2)nc1-c1cccs1)CN1CCOCC1. The van der Waals surface area contributed by atoms with E-state index in [2.05, 4.69) is 40.0 Å². The number of thiophene rings is 1. The Kier molecular flexibility index (Phi) is 6.51. The van der Waals surface area contributed by atoms with Gasteiger partial charge in [0.1, 0.15) is 5.69 Å². The van der Waals surface area contributed by atoms with Gasteiger partial charge in [0.05, 0.1) is 29.9 Å². The van der Waals surface area contributed by atoms with Crippen molar-refractivity contribution < 1.29 is 9.84 Å². The summed E-state index contributed by atoms with van der Waals surface area (Å²) >= 11 is 1.69. The standard InChI is InChI=1S/C21H26N4O2S/c26-19(16-24-8-10-27-11-9-24)14-22-13-17-15-25(18-5-2-1-3-6-18)23-21(17)20-7-4-12-28-20/h1-7,12,15,19,22,26H,8-11,13-14,16H2. The van der Waals surface area contributed by atoms with Crippen LogP contribution in [0.1, 0.15) is 5.56 Å². The zero-order valence-corrected chi connectivity index (χ0v) is 16.6. The Balaban J connectivity index is 1.41. The molecule has 1 aromatic carbocycles. The number of β-amino-alcohol motifs (C(OH)–C–C–N with tert-alkyl or cyclic N) is 1. The summed E-state index contributed by atoms with van der Waals surface area (Å²) in [6, 6.07) is 14.3. The first-order valence-corrected chi connectivity index (χ1v) is 10.5. The number of morpholine rings is 1. The Labute approximate surface area is 169 Å². The Bertz CT molecular complexity index is 845. The molecule has 28 heavy (non-hydrogen) atoms. The minimum absolute atomic E-state index is 0.396. The van der Waals surface area contributed by atoms with Gasteiger partial charge >= 0.3 is 0 Å². The molecule has 1 atom stereocenters. The van der Waals surface area contributed by atoms with Crippen LogP contribution < -0.4 is 5.32 Å². The molecule has 7 heteroatoms. The van der Waals surface area contributed by atoms with Crippen molar-refractivity contribution in [3.8, 4) is 16.3 Å². The fourth-order valence-electron chi connectivity index (χ4n) is 3.39. The molecule has 3 heterocycles. The van der Waals surface area contributed by atoms with E-state index < -0.39 is 6.10 Å². The topological polar surface area (TPSA) is 62.5 Å². The van der Waals surface area contributed by atoms with E-state index >= 15 is 0 Å². The lowest BCUT2D eigenvalue weighted by Gasteiger charge is -2.28. The van der Waals surface area contributed by atoms with Crippen molar-refractivity contribution in [3.05, 3.63) is 59.6 Å². The Morgan fingerprint density at radius 3 is 2.71 bits per heavy atom. The number of aromatic nitrogens is 2. The van der Waals surface area contributed by atoms with Crippen LogP contribution in [0.15, 0.2) is 54.0 Å². The summed E-state index contributed by atoms with van der Waals surface area (Å²) in [4.78, 5) is 3.40. The Morgan fingerprint density at radius 2 is 1.96 bits per heavy atom. The molecule has 148 valence electrons. The fraction of sp³-hybridized carbons (Fsp3) is 0.381. The molecule has 1 unspecified atom stereocenters. The first kappa shape index (κ1) is 19.3. The monoisotopic (exact) mass is 398 g/mol. The Hall–Kier alpha value is -2.03. The van der Waals surface area contributed by atoms with Crippen molar-refractivity contribution in [1.29, 1.82) is 0 Å². The number of para-hydroxylation sites is 1. The van der Waals surface area contributed by atoms with Crippen molar-refractivity contribution in [1.82, 2.24) is 20.0 Å². The maximum atomic E-state index is 10.4. The van der Waals surface area contributed by atoms with Crippen LogP contribution in [-0.2, 0) is 11.3 Å². The van der Waals surface area contributed by atoms with Crippen LogP contribution in [0.3, 0.4) is 0 Å². The third kappa shape index (κ3) is 4.87. The molecule has 0 radical (unpaired) electrons. The van der Waals surface area contributed by atoms with Crippen LogP contribution in [0.4, 0.5) is 0 Å². The molecule has 0 saturated carbocycles. The number of hydrogen-bond acceptors (Lipinski definition) is 6. The van der Waals surface area contributed by atoms with Gasteiger partial charge in [0, 0.05) is 44.5 Å². The summed E-state index contributed by atoms with van der Waals surface area (Å²) < 4.78 is 7.29. The van der Waals surface area contributed by atoms with Gasteiger partial charge in [-0.1, -0.05) is 24.3 Å². The van der Waals surface area contributed by atoms with E-state index in [1.807, 2.05) is 28.9 Å². The first-order valence-electron chi connectivity index (χ1n) is 9.66. The highest BCUT2D eigenvalue weighted by atomic mass is 32.1. The van der Waals surface area contributed by atoms with Gasteiger partial charge in [-0.3, -0.25) is 4.90 Å². The lowest BCUT2D eigenvalue weighted by molar-refractivity contribution is 0.0149. The highest BCUT2D eigenvalue weighted by Crippen LogP contribution is 2.27. The second-order valence-corrected chi connectivity index (χ2v) is 7.91. The number of rotatable bonds is 8. The van der Waals surface area contributed by atoms with Gasteiger partial charge in [0.2, 0.25) is 0 Å². The molecule has 0 amide bonds. The largest absolute Gasteiger partial charge is 0.390 e. The number of ether oxygens (including phenoxy) is 1. The molecular formula is C21H26N4O2S. The number of aliphatic hydroxyl groups is 1. The lowest BCUT2D eigenvalue weighted by Crippen LogP contribution is -2.43. The third-order valence-corrected chi connectivity index (χ3v) is 5.71. The van der Waals surface area contributed by atoms with Gasteiger partial charge in [-0.05, 0) is 23.6 Å². The van der Waals surface area contributed by atoms with Crippen molar-refractivity contribution >= 4 is 11.3 Å². The zero-order valence-electron chi connectivity index (χ0n) is 15.8. The lowest BCUT2D eigenvalue weighted by atomic mass is 10.2. The van der Waals surface area contributed by atoms with E-state index in [9.17, 15) is 5.11 Å². The van der Waals surface area contributed by atoms with E-state index in [0.717, 1.165) is 48.1 Å². The summed E-state index contributed by atoms with van der Waals surface area (Å²) in [5.74, 6) is 0. The van der Waals surface area contributed by atoms with Crippen molar-refractivity contribution in [2.45, 2.75) is 12.6 Å². The summed E-state index contributed by atoms with van der Waals surface area (Å²) in [7, 11) is 0. The predicted molar refractivity (Wildman–Crippen MR) is 112 cm³/mol. The average molecular weight is 399 g/mol. The first-order chi connectivity index (χ1) is 13.8. The number of nitrogens with one attached hydrogen (secondary N) is 1. The molecule has 0 aliphatic carbocycles. The molecule has 0 bridgehead atoms. The normalized spacial score (nSPS) is 16.3. The second kappa shape index (κ2) is 9.45. The number of nitrogens with zero attached hydrogens (tertiary/aromatic N) is 3. The Morgan fingerprint density at radius 1 is 1.14 bits per heavy atom. The van der Waals surface area contributed by atoms with E-state index in [1.54, 1.807) is 11.3 Å². The smallest absolute Gasteiger partial charge is 0.107 e. The fourth-order valence-corrected chi connectivity index (χ4v) is 4.14. The minimum atomic E-state index is -0.396. The van der Waals surface area contributed by atoms with Crippen molar-refractivity contribution in [2.75, 3.05) is 39.4 Å². The summed E-state index contributed by atoms with van der Waals surface area (Å²) in [5, 5.41) is 20.6. The molecule has 0 spiro atoms. The van der Waals surface area contributed by atoms with Gasteiger partial charge in [-0.2, -0.15) is 5.10 Å². The van der Waals surface area contributed by atoms with Gasteiger partial charge in [0.15, 0.2) is 0 Å². The van der Waals surface area contributed by atoms with Crippen molar-refractivity contribution in [3.63, 3.8) is 0 Å². The van der Waals surface area contributed by atoms with E-state index in [-0.39, 0.29) is 0 Å². The van der Waals surface area contributed by atoms with Crippen LogP contribution in [0.25, 0.3) is 16.3 Å². The third-order valence-electron chi connectivity index (χ3n) is 4.83. The molecule has 3 aromatic rings. The van der Waals surface area contributed by atoms with Crippen LogP contribution in [0.2, 0.25) is 0 Å². The second-order valence-electron chi connectivity index (χ2n) is 6.96. The van der Waals surface area contributed by atoms with E-state index in [1.165, 1.54) is 0 Å². The van der Waals surface area contributed by atoms with Gasteiger partial charge in [-0.15, -0.1) is 11.3 Å². The quantitative estimate of drug-likeness (QED) is 0.610. The van der Waals surface area contributed by atoms with Crippen LogP contribution in [-0.4, -0.2) is 65.3 Å². The van der Waals surface area contributed by atoms with E-state index in [4.69, 9.17) is 9.84 Å². The molecule has 6 nitrogen and oxygen atoms in total. The van der Waals surface area contributed by atoms with Crippen molar-refractivity contribution in [2.24, 2.45) is 0 Å². The van der Waals surface area contributed by atoms with Crippen LogP contribution in [0, 0.1) is 0 Å². The van der Waals surface area contributed by atoms with Gasteiger partial charge < -0.3 is 15.2 Å². The summed E-state index contributed by atoms with van der Waals surface area (Å²) in [5.41, 5.74) is 3.16. The van der Waals surface area contributed by atoms with Gasteiger partial charge in [-0.25, -0.2) is 4.68 Å². The molecule has 1 fully saturated rings. The van der Waals surface area contributed by atoms with Gasteiger partial charge in [0.25, 0.3) is 0 Å². The molecule has 2 N–H and O–H groups in total.